The number of Topliss-reactive ketones (excluding diaryl/α,β-unsaturated/α-hetero) is 1. The Morgan fingerprint density at radius 3 is 2.13 bits per heavy atom. The zero-order valence-corrected chi connectivity index (χ0v) is 13.8. The van der Waals surface area contributed by atoms with Crippen LogP contribution in [0.4, 0.5) is 0 Å². The predicted molar refractivity (Wildman–Crippen MR) is 86.8 cm³/mol. The summed E-state index contributed by atoms with van der Waals surface area (Å²) >= 11 is 0. The number of rotatable bonds is 11. The molecule has 9 heteroatoms. The van der Waals surface area contributed by atoms with Crippen molar-refractivity contribution in [2.75, 3.05) is 39.3 Å². The fourth-order valence-electron chi connectivity index (χ4n) is 1.92. The van der Waals surface area contributed by atoms with Crippen molar-refractivity contribution in [3.8, 4) is 0 Å². The molecule has 0 aromatic heterocycles. The standard InChI is InChI=1S/C14H25BN4O4/c1-3-13(22)18(6-4-16)10-12(21)17-5-7-19(9-11(2)20)14(23)8-15/h3-10,16H2,1-2H3,(H,17,21). The lowest BCUT2D eigenvalue weighted by Gasteiger charge is -2.23. The Bertz CT molecular complexity index is 431. The first-order chi connectivity index (χ1) is 10.8. The van der Waals surface area contributed by atoms with Crippen molar-refractivity contribution in [3.05, 3.63) is 0 Å². The minimum atomic E-state index is -0.361. The highest BCUT2D eigenvalue weighted by atomic mass is 16.2. The van der Waals surface area contributed by atoms with Gasteiger partial charge in [0.25, 0.3) is 0 Å². The van der Waals surface area contributed by atoms with E-state index in [9.17, 15) is 19.2 Å². The number of amides is 3. The molecule has 0 unspecified atom stereocenters. The third kappa shape index (κ3) is 8.97. The van der Waals surface area contributed by atoms with Gasteiger partial charge in [0, 0.05) is 32.6 Å². The molecule has 0 atom stereocenters. The molecular weight excluding hydrogens is 299 g/mol. The first kappa shape index (κ1) is 21.1. The normalized spacial score (nSPS) is 10.0. The van der Waals surface area contributed by atoms with Crippen molar-refractivity contribution in [1.82, 2.24) is 15.1 Å². The first-order valence-corrected chi connectivity index (χ1v) is 7.57. The molecule has 128 valence electrons. The van der Waals surface area contributed by atoms with Gasteiger partial charge >= 0.3 is 0 Å². The van der Waals surface area contributed by atoms with Crippen LogP contribution in [0.1, 0.15) is 20.3 Å². The number of nitrogens with one attached hydrogen (secondary N) is 1. The number of carbonyl (C=O) groups excluding carboxylic acids is 4. The molecular formula is C14H25BN4O4. The molecule has 8 nitrogen and oxygen atoms in total. The van der Waals surface area contributed by atoms with Crippen LogP contribution in [-0.4, -0.2) is 80.4 Å². The van der Waals surface area contributed by atoms with Gasteiger partial charge in [0.1, 0.15) is 5.78 Å². The fraction of sp³-hybridized carbons (Fsp3) is 0.714. The van der Waals surface area contributed by atoms with Crippen molar-refractivity contribution in [2.45, 2.75) is 26.6 Å². The van der Waals surface area contributed by atoms with Crippen LogP contribution in [0.25, 0.3) is 0 Å². The van der Waals surface area contributed by atoms with E-state index in [0.717, 1.165) is 0 Å². The van der Waals surface area contributed by atoms with Crippen molar-refractivity contribution in [3.63, 3.8) is 0 Å². The number of carbonyl (C=O) groups is 4. The average molecular weight is 324 g/mol. The molecule has 0 spiro atoms. The number of hydrogen-bond acceptors (Lipinski definition) is 5. The third-order valence-corrected chi connectivity index (χ3v) is 3.03. The number of nitrogens with zero attached hydrogens (tertiary/aromatic N) is 2. The highest BCUT2D eigenvalue weighted by Crippen LogP contribution is 1.95. The van der Waals surface area contributed by atoms with E-state index in [-0.39, 0.29) is 62.5 Å². The van der Waals surface area contributed by atoms with Crippen molar-refractivity contribution in [2.24, 2.45) is 5.73 Å². The summed E-state index contributed by atoms with van der Waals surface area (Å²) in [6.45, 7) is 3.90. The minimum absolute atomic E-state index is 0.0421. The lowest BCUT2D eigenvalue weighted by molar-refractivity contribution is -0.136. The van der Waals surface area contributed by atoms with Gasteiger partial charge in [0.05, 0.1) is 20.9 Å². The second-order valence-electron chi connectivity index (χ2n) is 5.03. The van der Waals surface area contributed by atoms with Crippen LogP contribution >= 0.6 is 0 Å². The molecule has 0 aromatic rings. The molecule has 0 heterocycles. The predicted octanol–water partition coefficient (Wildman–Crippen LogP) is -1.70. The van der Waals surface area contributed by atoms with Gasteiger partial charge in [-0.25, -0.2) is 0 Å². The quantitative estimate of drug-likeness (QED) is 0.440. The molecule has 0 aliphatic carbocycles. The van der Waals surface area contributed by atoms with Crippen LogP contribution in [-0.2, 0) is 19.2 Å². The maximum Gasteiger partial charge on any atom is 0.239 e. The average Bonchev–Trinajstić information content (AvgIpc) is 2.51. The van der Waals surface area contributed by atoms with E-state index >= 15 is 0 Å². The maximum absolute atomic E-state index is 11.9. The lowest BCUT2D eigenvalue weighted by Crippen LogP contribution is -2.45. The lowest BCUT2D eigenvalue weighted by atomic mass is 10.0. The molecule has 0 fully saturated rings. The fourth-order valence-corrected chi connectivity index (χ4v) is 1.92. The largest absolute Gasteiger partial charge is 0.353 e. The van der Waals surface area contributed by atoms with E-state index in [4.69, 9.17) is 13.6 Å². The van der Waals surface area contributed by atoms with Crippen LogP contribution in [0.2, 0.25) is 6.32 Å². The molecule has 0 saturated heterocycles. The molecule has 0 aliphatic heterocycles. The van der Waals surface area contributed by atoms with Gasteiger partial charge in [0.15, 0.2) is 0 Å². The van der Waals surface area contributed by atoms with Crippen LogP contribution in [0.15, 0.2) is 0 Å². The van der Waals surface area contributed by atoms with Gasteiger partial charge in [-0.3, -0.25) is 19.2 Å². The van der Waals surface area contributed by atoms with Gasteiger partial charge in [-0.1, -0.05) is 6.92 Å². The Labute approximate surface area is 138 Å². The van der Waals surface area contributed by atoms with E-state index in [1.165, 1.54) is 16.7 Å². The summed E-state index contributed by atoms with van der Waals surface area (Å²) in [5.74, 6) is -1.02. The Morgan fingerprint density at radius 2 is 1.65 bits per heavy atom. The van der Waals surface area contributed by atoms with E-state index in [1.807, 2.05) is 0 Å². The van der Waals surface area contributed by atoms with Gasteiger partial charge < -0.3 is 20.9 Å². The van der Waals surface area contributed by atoms with E-state index in [1.54, 1.807) is 6.92 Å². The highest BCUT2D eigenvalue weighted by Gasteiger charge is 2.16. The van der Waals surface area contributed by atoms with Crippen LogP contribution in [0.5, 0.6) is 0 Å². The topological polar surface area (TPSA) is 113 Å². The summed E-state index contributed by atoms with van der Waals surface area (Å²) in [7, 11) is 5.28. The molecule has 0 saturated carbocycles. The van der Waals surface area contributed by atoms with Gasteiger partial charge in [0.2, 0.25) is 17.7 Å². The molecule has 2 radical (unpaired) electrons. The Kier molecular flexibility index (Phi) is 10.7. The summed E-state index contributed by atoms with van der Waals surface area (Å²) in [6.07, 6.45) is 0.0984. The molecule has 0 rings (SSSR count). The molecule has 3 amide bonds. The van der Waals surface area contributed by atoms with Crippen molar-refractivity contribution < 1.29 is 19.2 Å². The smallest absolute Gasteiger partial charge is 0.239 e. The molecule has 3 N–H and O–H groups in total. The highest BCUT2D eigenvalue weighted by molar-refractivity contribution is 6.19. The first-order valence-electron chi connectivity index (χ1n) is 7.57. The molecule has 0 aliphatic rings. The maximum atomic E-state index is 11.9. The van der Waals surface area contributed by atoms with Crippen LogP contribution in [0.3, 0.4) is 0 Å². The van der Waals surface area contributed by atoms with E-state index in [0.29, 0.717) is 13.0 Å². The van der Waals surface area contributed by atoms with E-state index in [2.05, 4.69) is 5.32 Å². The van der Waals surface area contributed by atoms with Crippen LogP contribution in [0, 0.1) is 0 Å². The van der Waals surface area contributed by atoms with Crippen molar-refractivity contribution in [1.29, 1.82) is 0 Å². The monoisotopic (exact) mass is 324 g/mol. The third-order valence-electron chi connectivity index (χ3n) is 3.03. The van der Waals surface area contributed by atoms with Gasteiger partial charge in [-0.2, -0.15) is 0 Å². The minimum Gasteiger partial charge on any atom is -0.353 e. The molecule has 0 aromatic carbocycles. The van der Waals surface area contributed by atoms with Crippen molar-refractivity contribution >= 4 is 31.4 Å². The number of hydrogen-bond donors (Lipinski definition) is 2. The zero-order chi connectivity index (χ0) is 17.8. The number of nitrogens with two attached hydrogens (primary N) is 1. The SMILES string of the molecule is [B]CC(=O)N(CCNC(=O)CN(CCN)C(=O)CC)CC(C)=O. The summed E-state index contributed by atoms with van der Waals surface area (Å²) in [6, 6.07) is 0. The second kappa shape index (κ2) is 11.6. The van der Waals surface area contributed by atoms with Gasteiger partial charge in [-0.05, 0) is 13.2 Å². The Hall–Kier alpha value is -1.90. The summed E-state index contributed by atoms with van der Waals surface area (Å²) in [5.41, 5.74) is 5.42. The van der Waals surface area contributed by atoms with E-state index < -0.39 is 0 Å². The summed E-state index contributed by atoms with van der Waals surface area (Å²) in [4.78, 5) is 48.9. The molecule has 0 bridgehead atoms. The number of ketones is 1. The molecule has 23 heavy (non-hydrogen) atoms. The zero-order valence-electron chi connectivity index (χ0n) is 13.8. The summed E-state index contributed by atoms with van der Waals surface area (Å²) in [5, 5.41) is 2.61. The summed E-state index contributed by atoms with van der Waals surface area (Å²) < 4.78 is 0. The Morgan fingerprint density at radius 1 is 1.04 bits per heavy atom. The second-order valence-corrected chi connectivity index (χ2v) is 5.03. The van der Waals surface area contributed by atoms with Crippen LogP contribution < -0.4 is 11.1 Å². The van der Waals surface area contributed by atoms with Gasteiger partial charge in [-0.15, -0.1) is 0 Å². The Balaban J connectivity index is 4.36.